The van der Waals surface area contributed by atoms with Gasteiger partial charge in [-0.15, -0.1) is 0 Å². The average molecular weight is 247 g/mol. The van der Waals surface area contributed by atoms with Gasteiger partial charge in [-0.05, 0) is 36.8 Å². The second-order valence-electron chi connectivity index (χ2n) is 5.94. The highest BCUT2D eigenvalue weighted by molar-refractivity contribution is 5.25. The molecule has 1 N–H and O–H groups in total. The molecule has 2 rings (SSSR count). The summed E-state index contributed by atoms with van der Waals surface area (Å²) >= 11 is 0. The van der Waals surface area contributed by atoms with Crippen LogP contribution in [-0.2, 0) is 11.2 Å². The number of nitrogens with one attached hydrogen (secondary N) is 1. The van der Waals surface area contributed by atoms with Gasteiger partial charge in [0.15, 0.2) is 0 Å². The highest BCUT2D eigenvalue weighted by Crippen LogP contribution is 2.19. The minimum Gasteiger partial charge on any atom is -0.378 e. The van der Waals surface area contributed by atoms with E-state index in [9.17, 15) is 0 Å². The van der Waals surface area contributed by atoms with Gasteiger partial charge in [0.05, 0.1) is 13.2 Å². The van der Waals surface area contributed by atoms with Gasteiger partial charge < -0.3 is 10.1 Å². The lowest BCUT2D eigenvalue weighted by molar-refractivity contribution is 0.0318. The van der Waals surface area contributed by atoms with Gasteiger partial charge >= 0.3 is 0 Å². The molecule has 1 atom stereocenters. The van der Waals surface area contributed by atoms with Crippen LogP contribution < -0.4 is 5.32 Å². The quantitative estimate of drug-likeness (QED) is 0.882. The van der Waals surface area contributed by atoms with E-state index in [2.05, 4.69) is 50.4 Å². The minimum absolute atomic E-state index is 0.148. The van der Waals surface area contributed by atoms with Crippen molar-refractivity contribution in [2.75, 3.05) is 19.8 Å². The molecule has 0 saturated carbocycles. The van der Waals surface area contributed by atoms with Crippen molar-refractivity contribution in [2.24, 2.45) is 0 Å². The highest BCUT2D eigenvalue weighted by atomic mass is 16.5. The fourth-order valence-corrected chi connectivity index (χ4v) is 2.42. The number of rotatable bonds is 4. The Kier molecular flexibility index (Phi) is 4.41. The zero-order chi connectivity index (χ0) is 13.0. The van der Waals surface area contributed by atoms with Gasteiger partial charge in [-0.25, -0.2) is 0 Å². The van der Waals surface area contributed by atoms with Crippen molar-refractivity contribution in [1.29, 1.82) is 0 Å². The number of hydrogen-bond acceptors (Lipinski definition) is 2. The maximum absolute atomic E-state index is 5.56. The lowest BCUT2D eigenvalue weighted by Crippen LogP contribution is -2.52. The van der Waals surface area contributed by atoms with E-state index in [0.717, 1.165) is 32.6 Å². The fraction of sp³-hybridized carbons (Fsp3) is 0.625. The molecule has 0 aromatic heterocycles. The van der Waals surface area contributed by atoms with E-state index < -0.39 is 0 Å². The summed E-state index contributed by atoms with van der Waals surface area (Å²) in [5.41, 5.74) is 2.99. The summed E-state index contributed by atoms with van der Waals surface area (Å²) in [6.07, 6.45) is 2.25. The zero-order valence-electron chi connectivity index (χ0n) is 11.8. The molecule has 0 spiro atoms. The number of morpholine rings is 1. The Bertz CT molecular complexity index is 363. The van der Waals surface area contributed by atoms with Gasteiger partial charge in [0.25, 0.3) is 0 Å². The summed E-state index contributed by atoms with van der Waals surface area (Å²) in [5.74, 6) is 0.616. The Labute approximate surface area is 111 Å². The van der Waals surface area contributed by atoms with Crippen molar-refractivity contribution in [3.05, 3.63) is 35.4 Å². The predicted molar refractivity (Wildman–Crippen MR) is 76.1 cm³/mol. The number of ether oxygens (including phenoxy) is 1. The first kappa shape index (κ1) is 13.6. The molecule has 2 nitrogen and oxygen atoms in total. The molecule has 1 aliphatic heterocycles. The first-order valence-electron chi connectivity index (χ1n) is 7.01. The summed E-state index contributed by atoms with van der Waals surface area (Å²) in [5, 5.41) is 3.57. The van der Waals surface area contributed by atoms with Crippen LogP contribution in [0.15, 0.2) is 24.3 Å². The second kappa shape index (κ2) is 5.85. The van der Waals surface area contributed by atoms with Crippen LogP contribution in [-0.4, -0.2) is 25.3 Å². The van der Waals surface area contributed by atoms with Gasteiger partial charge in [-0.3, -0.25) is 0 Å². The lowest BCUT2D eigenvalue weighted by Gasteiger charge is -2.35. The smallest absolute Gasteiger partial charge is 0.0646 e. The molecule has 0 aliphatic carbocycles. The molecule has 1 aliphatic rings. The molecule has 1 aromatic carbocycles. The number of hydrogen-bond donors (Lipinski definition) is 1. The minimum atomic E-state index is 0.148. The van der Waals surface area contributed by atoms with E-state index in [0.29, 0.717) is 5.92 Å². The van der Waals surface area contributed by atoms with Crippen LogP contribution in [0.1, 0.15) is 44.2 Å². The Morgan fingerprint density at radius 3 is 2.56 bits per heavy atom. The first-order valence-corrected chi connectivity index (χ1v) is 7.01. The molecule has 1 saturated heterocycles. The Morgan fingerprint density at radius 1 is 1.28 bits per heavy atom. The van der Waals surface area contributed by atoms with E-state index in [-0.39, 0.29) is 5.54 Å². The molecule has 0 amide bonds. The van der Waals surface area contributed by atoms with Crippen molar-refractivity contribution in [2.45, 2.75) is 45.1 Å². The molecule has 18 heavy (non-hydrogen) atoms. The van der Waals surface area contributed by atoms with Gasteiger partial charge in [0.2, 0.25) is 0 Å². The van der Waals surface area contributed by atoms with E-state index in [1.807, 2.05) is 0 Å². The normalized spacial score (nSPS) is 24.4. The molecular weight excluding hydrogens is 222 g/mol. The van der Waals surface area contributed by atoms with Crippen molar-refractivity contribution in [3.63, 3.8) is 0 Å². The molecule has 0 bridgehead atoms. The summed E-state index contributed by atoms with van der Waals surface area (Å²) in [6, 6.07) is 9.05. The molecule has 0 radical (unpaired) electrons. The molecule has 1 heterocycles. The van der Waals surface area contributed by atoms with Crippen molar-refractivity contribution in [1.82, 2.24) is 5.32 Å². The zero-order valence-corrected chi connectivity index (χ0v) is 11.8. The van der Waals surface area contributed by atoms with Gasteiger partial charge in [-0.1, -0.05) is 38.1 Å². The van der Waals surface area contributed by atoms with Crippen molar-refractivity contribution >= 4 is 0 Å². The predicted octanol–water partition coefficient (Wildman–Crippen LogP) is 3.12. The van der Waals surface area contributed by atoms with Crippen LogP contribution in [0.5, 0.6) is 0 Å². The maximum Gasteiger partial charge on any atom is 0.0646 e. The van der Waals surface area contributed by atoms with Crippen LogP contribution in [0.2, 0.25) is 0 Å². The van der Waals surface area contributed by atoms with Gasteiger partial charge in [0.1, 0.15) is 0 Å². The Morgan fingerprint density at radius 2 is 2.00 bits per heavy atom. The van der Waals surface area contributed by atoms with E-state index in [1.54, 1.807) is 0 Å². The summed E-state index contributed by atoms with van der Waals surface area (Å²) < 4.78 is 5.56. The molecule has 100 valence electrons. The molecule has 1 aromatic rings. The molecular formula is C16H25NO. The van der Waals surface area contributed by atoms with Crippen LogP contribution in [0.4, 0.5) is 0 Å². The maximum atomic E-state index is 5.56. The van der Waals surface area contributed by atoms with Crippen molar-refractivity contribution in [3.8, 4) is 0 Å². The lowest BCUT2D eigenvalue weighted by atomic mass is 9.92. The third-order valence-corrected chi connectivity index (χ3v) is 3.83. The van der Waals surface area contributed by atoms with E-state index >= 15 is 0 Å². The Hall–Kier alpha value is -0.860. The van der Waals surface area contributed by atoms with Crippen LogP contribution in [0.25, 0.3) is 0 Å². The molecule has 1 unspecified atom stereocenters. The van der Waals surface area contributed by atoms with Crippen molar-refractivity contribution < 1.29 is 4.74 Å². The average Bonchev–Trinajstić information content (AvgIpc) is 2.38. The standard InChI is InChI=1S/C16H25NO/c1-13(2)15-6-4-14(5-7-15)8-9-16(3)12-18-11-10-17-16/h4-7,13,17H,8-12H2,1-3H3. The highest BCUT2D eigenvalue weighted by Gasteiger charge is 2.26. The third kappa shape index (κ3) is 3.56. The van der Waals surface area contributed by atoms with E-state index in [1.165, 1.54) is 11.1 Å². The van der Waals surface area contributed by atoms with E-state index in [4.69, 9.17) is 4.74 Å². The van der Waals surface area contributed by atoms with Gasteiger partial charge in [0, 0.05) is 12.1 Å². The summed E-state index contributed by atoms with van der Waals surface area (Å²) in [7, 11) is 0. The SMILES string of the molecule is CC(C)c1ccc(CCC2(C)COCCN2)cc1. The topological polar surface area (TPSA) is 21.3 Å². The van der Waals surface area contributed by atoms with Gasteiger partial charge in [-0.2, -0.15) is 0 Å². The number of benzene rings is 1. The summed E-state index contributed by atoms with van der Waals surface area (Å²) in [6.45, 7) is 9.38. The Balaban J connectivity index is 1.89. The third-order valence-electron chi connectivity index (χ3n) is 3.83. The van der Waals surface area contributed by atoms with Crippen LogP contribution in [0.3, 0.4) is 0 Å². The number of aryl methyl sites for hydroxylation is 1. The first-order chi connectivity index (χ1) is 8.59. The molecule has 1 fully saturated rings. The fourth-order valence-electron chi connectivity index (χ4n) is 2.42. The monoisotopic (exact) mass is 247 g/mol. The largest absolute Gasteiger partial charge is 0.378 e. The second-order valence-corrected chi connectivity index (χ2v) is 5.94. The van der Waals surface area contributed by atoms with Crippen LogP contribution >= 0.6 is 0 Å². The molecule has 2 heteroatoms. The van der Waals surface area contributed by atoms with Crippen LogP contribution in [0, 0.1) is 0 Å². The summed E-state index contributed by atoms with van der Waals surface area (Å²) in [4.78, 5) is 0.